The van der Waals surface area contributed by atoms with Gasteiger partial charge in [0.15, 0.2) is 0 Å². The van der Waals surface area contributed by atoms with Gasteiger partial charge < -0.3 is 0 Å². The Kier molecular flexibility index (Phi) is 4.01. The van der Waals surface area contributed by atoms with Crippen LogP contribution < -0.4 is 0 Å². The molecule has 0 heterocycles. The summed E-state index contributed by atoms with van der Waals surface area (Å²) < 4.78 is 0. The van der Waals surface area contributed by atoms with Crippen molar-refractivity contribution >= 4 is 5.78 Å². The summed E-state index contributed by atoms with van der Waals surface area (Å²) in [5.74, 6) is 0.730. The fourth-order valence-corrected chi connectivity index (χ4v) is 2.04. The van der Waals surface area contributed by atoms with E-state index in [1.54, 1.807) is 0 Å². The van der Waals surface area contributed by atoms with Crippen molar-refractivity contribution in [3.05, 3.63) is 24.3 Å². The zero-order valence-corrected chi connectivity index (χ0v) is 12.1. The molecular formula is C16H26O. The lowest BCUT2D eigenvalue weighted by Gasteiger charge is -2.32. The van der Waals surface area contributed by atoms with E-state index in [9.17, 15) is 4.79 Å². The van der Waals surface area contributed by atoms with E-state index in [-0.39, 0.29) is 16.7 Å². The third kappa shape index (κ3) is 3.31. The van der Waals surface area contributed by atoms with E-state index < -0.39 is 0 Å². The van der Waals surface area contributed by atoms with Crippen LogP contribution in [-0.4, -0.2) is 5.78 Å². The molecule has 0 aromatic rings. The second-order valence-electron chi connectivity index (χ2n) is 6.78. The molecular weight excluding hydrogens is 208 g/mol. The van der Waals surface area contributed by atoms with Gasteiger partial charge in [0.05, 0.1) is 5.92 Å². The van der Waals surface area contributed by atoms with Crippen LogP contribution in [0.3, 0.4) is 0 Å². The quantitative estimate of drug-likeness (QED) is 0.662. The lowest BCUT2D eigenvalue weighted by atomic mass is 9.72. The second-order valence-corrected chi connectivity index (χ2v) is 6.78. The smallest absolute Gasteiger partial charge is 0.148 e. The van der Waals surface area contributed by atoms with E-state index in [2.05, 4.69) is 45.1 Å². The molecule has 1 rings (SSSR count). The summed E-state index contributed by atoms with van der Waals surface area (Å²) in [6, 6.07) is 0. The van der Waals surface area contributed by atoms with Crippen LogP contribution in [0, 0.1) is 22.7 Å². The maximum absolute atomic E-state index is 12.1. The Morgan fingerprint density at radius 3 is 1.82 bits per heavy atom. The minimum absolute atomic E-state index is 0.0288. The van der Waals surface area contributed by atoms with Gasteiger partial charge in [0.1, 0.15) is 5.78 Å². The largest absolute Gasteiger partial charge is 0.298 e. The van der Waals surface area contributed by atoms with E-state index in [0.717, 1.165) is 6.42 Å². The predicted molar refractivity (Wildman–Crippen MR) is 73.8 cm³/mol. The van der Waals surface area contributed by atoms with E-state index in [1.165, 1.54) is 0 Å². The summed E-state index contributed by atoms with van der Waals surface area (Å²) in [4.78, 5) is 12.1. The van der Waals surface area contributed by atoms with Crippen molar-refractivity contribution < 1.29 is 4.79 Å². The summed E-state index contributed by atoms with van der Waals surface area (Å²) in [5.41, 5.74) is 0.0230. The minimum atomic E-state index is -0.257. The Labute approximate surface area is 106 Å². The summed E-state index contributed by atoms with van der Waals surface area (Å²) in [5, 5.41) is 0. The molecule has 17 heavy (non-hydrogen) atoms. The molecule has 0 radical (unpaired) electrons. The van der Waals surface area contributed by atoms with Crippen LogP contribution in [-0.2, 0) is 4.79 Å². The number of carbonyl (C=O) groups is 1. The Bertz CT molecular complexity index is 325. The molecule has 1 nitrogen and oxygen atoms in total. The average Bonchev–Trinajstić information content (AvgIpc) is 2.27. The van der Waals surface area contributed by atoms with Crippen LogP contribution in [0.4, 0.5) is 0 Å². The van der Waals surface area contributed by atoms with Crippen molar-refractivity contribution in [2.75, 3.05) is 0 Å². The molecule has 96 valence electrons. The van der Waals surface area contributed by atoms with E-state index in [4.69, 9.17) is 0 Å². The van der Waals surface area contributed by atoms with Crippen molar-refractivity contribution in [1.82, 2.24) is 0 Å². The van der Waals surface area contributed by atoms with Crippen molar-refractivity contribution in [3.8, 4) is 0 Å². The third-order valence-electron chi connectivity index (χ3n) is 3.91. The lowest BCUT2D eigenvalue weighted by molar-refractivity contribution is -0.127. The summed E-state index contributed by atoms with van der Waals surface area (Å²) >= 11 is 0. The third-order valence-corrected chi connectivity index (χ3v) is 3.91. The van der Waals surface area contributed by atoms with Gasteiger partial charge in [-0.3, -0.25) is 4.79 Å². The molecule has 0 fully saturated rings. The van der Waals surface area contributed by atoms with Crippen LogP contribution in [0.5, 0.6) is 0 Å². The van der Waals surface area contributed by atoms with E-state index in [0.29, 0.717) is 11.7 Å². The molecule has 0 amide bonds. The molecule has 1 aliphatic carbocycles. The minimum Gasteiger partial charge on any atom is -0.298 e. The first-order valence-electron chi connectivity index (χ1n) is 6.59. The summed E-state index contributed by atoms with van der Waals surface area (Å²) in [6.45, 7) is 12.7. The van der Waals surface area contributed by atoms with Crippen molar-refractivity contribution in [1.29, 1.82) is 0 Å². The number of ketones is 1. The lowest BCUT2D eigenvalue weighted by Crippen LogP contribution is -2.29. The van der Waals surface area contributed by atoms with Crippen molar-refractivity contribution in [2.24, 2.45) is 22.7 Å². The monoisotopic (exact) mass is 234 g/mol. The molecule has 0 atom stereocenters. The number of Topliss-reactive ketones (excluding diaryl/α,β-unsaturated/α-hetero) is 1. The maximum atomic E-state index is 12.1. The molecule has 0 N–H and O–H groups in total. The first-order chi connectivity index (χ1) is 7.68. The highest BCUT2D eigenvalue weighted by Gasteiger charge is 2.30. The topological polar surface area (TPSA) is 17.1 Å². The van der Waals surface area contributed by atoms with Gasteiger partial charge >= 0.3 is 0 Å². The number of rotatable bonds is 3. The number of allylic oxidation sites excluding steroid dienone is 4. The first-order valence-corrected chi connectivity index (χ1v) is 6.59. The van der Waals surface area contributed by atoms with Crippen LogP contribution in [0.2, 0.25) is 0 Å². The highest BCUT2D eigenvalue weighted by molar-refractivity contribution is 5.89. The van der Waals surface area contributed by atoms with Crippen LogP contribution >= 0.6 is 0 Å². The number of carbonyl (C=O) groups excluding carboxylic acids is 1. The average molecular weight is 234 g/mol. The van der Waals surface area contributed by atoms with Gasteiger partial charge in [-0.15, -0.1) is 0 Å². The molecule has 0 saturated carbocycles. The highest BCUT2D eigenvalue weighted by atomic mass is 16.1. The SMILES string of the molecule is CCC(C)(C)C1C=CC(C(=O)C(C)(C)C)C=C1. The predicted octanol–water partition coefficient (Wildman–Crippen LogP) is 4.40. The van der Waals surface area contributed by atoms with E-state index in [1.807, 2.05) is 20.8 Å². The van der Waals surface area contributed by atoms with Crippen LogP contribution in [0.25, 0.3) is 0 Å². The van der Waals surface area contributed by atoms with Gasteiger partial charge in [-0.05, 0) is 11.3 Å². The fourth-order valence-electron chi connectivity index (χ4n) is 2.04. The number of hydrogen-bond donors (Lipinski definition) is 0. The normalized spacial score (nSPS) is 25.1. The zero-order valence-electron chi connectivity index (χ0n) is 12.1. The van der Waals surface area contributed by atoms with E-state index >= 15 is 0 Å². The zero-order chi connectivity index (χ0) is 13.3. The van der Waals surface area contributed by atoms with Gasteiger partial charge in [-0.1, -0.05) is 72.3 Å². The van der Waals surface area contributed by atoms with Crippen LogP contribution in [0.1, 0.15) is 48.0 Å². The number of hydrogen-bond acceptors (Lipinski definition) is 1. The molecule has 0 aromatic heterocycles. The fraction of sp³-hybridized carbons (Fsp3) is 0.688. The maximum Gasteiger partial charge on any atom is 0.148 e. The standard InChI is InChI=1S/C16H26O/c1-7-16(5,6)13-10-8-12(9-11-13)14(17)15(2,3)4/h8-13H,7H2,1-6H3. The van der Waals surface area contributed by atoms with Crippen molar-refractivity contribution in [2.45, 2.75) is 48.0 Å². The molecule has 0 aliphatic heterocycles. The molecule has 0 aromatic carbocycles. The highest BCUT2D eigenvalue weighted by Crippen LogP contribution is 2.36. The van der Waals surface area contributed by atoms with Crippen LogP contribution in [0.15, 0.2) is 24.3 Å². The Morgan fingerprint density at radius 2 is 1.47 bits per heavy atom. The molecule has 0 bridgehead atoms. The van der Waals surface area contributed by atoms with Gasteiger partial charge in [0.2, 0.25) is 0 Å². The molecule has 1 heteroatoms. The Morgan fingerprint density at radius 1 is 1.00 bits per heavy atom. The molecule has 1 aliphatic rings. The summed E-state index contributed by atoms with van der Waals surface area (Å²) in [6.07, 6.45) is 9.71. The first kappa shape index (κ1) is 14.2. The van der Waals surface area contributed by atoms with Gasteiger partial charge in [-0.25, -0.2) is 0 Å². The van der Waals surface area contributed by atoms with Gasteiger partial charge in [0, 0.05) is 5.41 Å². The van der Waals surface area contributed by atoms with Gasteiger partial charge in [-0.2, -0.15) is 0 Å². The molecule has 0 spiro atoms. The van der Waals surface area contributed by atoms with Crippen molar-refractivity contribution in [3.63, 3.8) is 0 Å². The molecule has 0 unspecified atom stereocenters. The second kappa shape index (κ2) is 4.80. The molecule has 0 saturated heterocycles. The van der Waals surface area contributed by atoms with Gasteiger partial charge in [0.25, 0.3) is 0 Å². The Balaban J connectivity index is 2.76. The summed E-state index contributed by atoms with van der Waals surface area (Å²) in [7, 11) is 0. The Hall–Kier alpha value is -0.850.